The van der Waals surface area contributed by atoms with Crippen molar-refractivity contribution >= 4 is 17.5 Å². The average Bonchev–Trinajstić information content (AvgIpc) is 3.35. The highest BCUT2D eigenvalue weighted by molar-refractivity contribution is 5.96. The number of carboxylic acid groups (broad SMARTS) is 1. The third-order valence-electron chi connectivity index (χ3n) is 6.38. The molecule has 1 atom stereocenters. The summed E-state index contributed by atoms with van der Waals surface area (Å²) in [7, 11) is 0. The molecule has 1 fully saturated rings. The monoisotopic (exact) mass is 432 g/mol. The molecule has 5 heteroatoms. The Kier molecular flexibility index (Phi) is 7.28. The van der Waals surface area contributed by atoms with Crippen molar-refractivity contribution in [2.75, 3.05) is 4.90 Å². The number of hydrogen-bond donors (Lipinski definition) is 2. The number of amides is 1. The van der Waals surface area contributed by atoms with Crippen LogP contribution in [0.4, 0.5) is 16.2 Å². The van der Waals surface area contributed by atoms with E-state index in [0.717, 1.165) is 29.2 Å². The van der Waals surface area contributed by atoms with Crippen LogP contribution in [-0.2, 0) is 6.54 Å². The molecule has 1 unspecified atom stereocenters. The number of nitrogens with one attached hydrogen (secondary N) is 1. The van der Waals surface area contributed by atoms with Crippen molar-refractivity contribution in [1.29, 1.82) is 0 Å². The Morgan fingerprint density at radius 1 is 1.09 bits per heavy atom. The number of benzene rings is 2. The Morgan fingerprint density at radius 2 is 1.88 bits per heavy atom. The van der Waals surface area contributed by atoms with E-state index in [1.807, 2.05) is 60.7 Å². The molecule has 0 spiro atoms. The van der Waals surface area contributed by atoms with Crippen molar-refractivity contribution < 1.29 is 14.3 Å². The summed E-state index contributed by atoms with van der Waals surface area (Å²) in [5.41, 5.74) is 3.16. The minimum absolute atomic E-state index is 0.369. The fourth-order valence-corrected chi connectivity index (χ4v) is 4.76. The van der Waals surface area contributed by atoms with E-state index in [9.17, 15) is 9.90 Å². The molecular weight excluding hydrogens is 400 g/mol. The molecule has 1 aromatic heterocycles. The van der Waals surface area contributed by atoms with Crippen LogP contribution in [0.2, 0.25) is 0 Å². The molecule has 1 aliphatic rings. The fourth-order valence-electron chi connectivity index (χ4n) is 4.76. The first-order chi connectivity index (χ1) is 15.6. The van der Waals surface area contributed by atoms with E-state index in [1.54, 1.807) is 6.26 Å². The van der Waals surface area contributed by atoms with E-state index in [2.05, 4.69) is 12.2 Å². The summed E-state index contributed by atoms with van der Waals surface area (Å²) < 4.78 is 5.58. The number of furan rings is 1. The Balaban J connectivity index is 1.60. The third kappa shape index (κ3) is 5.40. The van der Waals surface area contributed by atoms with Crippen molar-refractivity contribution in [3.05, 3.63) is 72.5 Å². The van der Waals surface area contributed by atoms with E-state index >= 15 is 0 Å². The molecule has 32 heavy (non-hydrogen) atoms. The number of carbonyl (C=O) groups is 1. The highest BCUT2D eigenvalue weighted by atomic mass is 16.4. The molecule has 5 nitrogen and oxygen atoms in total. The van der Waals surface area contributed by atoms with Crippen LogP contribution in [-0.4, -0.2) is 17.2 Å². The lowest BCUT2D eigenvalue weighted by Crippen LogP contribution is -2.30. The lowest BCUT2D eigenvalue weighted by molar-refractivity contribution is 0.204. The minimum Gasteiger partial charge on any atom is -0.464 e. The molecule has 4 rings (SSSR count). The summed E-state index contributed by atoms with van der Waals surface area (Å²) in [5, 5.41) is 13.7. The highest BCUT2D eigenvalue weighted by Gasteiger charge is 2.22. The molecular formula is C27H32N2O3. The quantitative estimate of drug-likeness (QED) is 0.395. The van der Waals surface area contributed by atoms with Gasteiger partial charge in [-0.1, -0.05) is 50.3 Å². The standard InChI is InChI=1S/C27H32N2O3/c1-20(17-21-9-4-2-5-10-21)28-19-23-18-22(26-13-8-16-32-26)14-15-25(23)29(27(30)31)24-11-6-3-7-12-24/h3,6-8,11-16,18,20-21,28H,2,4-5,9-10,17,19H2,1H3,(H,30,31). The SMILES string of the molecule is CC(CC1CCCCC1)NCc1cc(-c2ccco2)ccc1N(C(=O)O)c1ccccc1. The summed E-state index contributed by atoms with van der Waals surface area (Å²) in [6.45, 7) is 2.82. The van der Waals surface area contributed by atoms with Crippen LogP contribution in [0.3, 0.4) is 0 Å². The molecule has 3 aromatic rings. The maximum atomic E-state index is 12.3. The first kappa shape index (κ1) is 22.2. The van der Waals surface area contributed by atoms with Crippen molar-refractivity contribution in [3.8, 4) is 11.3 Å². The maximum Gasteiger partial charge on any atom is 0.416 e. The second kappa shape index (κ2) is 10.5. The van der Waals surface area contributed by atoms with Crippen LogP contribution in [0, 0.1) is 5.92 Å². The molecule has 168 valence electrons. The third-order valence-corrected chi connectivity index (χ3v) is 6.38. The fraction of sp³-hybridized carbons (Fsp3) is 0.370. The lowest BCUT2D eigenvalue weighted by atomic mass is 9.85. The van der Waals surface area contributed by atoms with Crippen molar-refractivity contribution in [3.63, 3.8) is 0 Å². The molecule has 2 N–H and O–H groups in total. The summed E-state index contributed by atoms with van der Waals surface area (Å²) in [4.78, 5) is 13.6. The molecule has 1 aliphatic carbocycles. The van der Waals surface area contributed by atoms with Gasteiger partial charge in [-0.15, -0.1) is 0 Å². The zero-order valence-corrected chi connectivity index (χ0v) is 18.7. The molecule has 1 saturated carbocycles. The van der Waals surface area contributed by atoms with Crippen LogP contribution in [0.15, 0.2) is 71.3 Å². The van der Waals surface area contributed by atoms with Gasteiger partial charge in [-0.2, -0.15) is 0 Å². The van der Waals surface area contributed by atoms with Gasteiger partial charge in [0.05, 0.1) is 17.6 Å². The zero-order chi connectivity index (χ0) is 22.3. The van der Waals surface area contributed by atoms with Gasteiger partial charge in [0.25, 0.3) is 0 Å². The maximum absolute atomic E-state index is 12.3. The van der Waals surface area contributed by atoms with Crippen molar-refractivity contribution in [2.24, 2.45) is 5.92 Å². The highest BCUT2D eigenvalue weighted by Crippen LogP contribution is 2.33. The topological polar surface area (TPSA) is 65.7 Å². The number of anilines is 2. The Hall–Kier alpha value is -3.05. The second-order valence-corrected chi connectivity index (χ2v) is 8.80. The van der Waals surface area contributed by atoms with Gasteiger partial charge < -0.3 is 14.8 Å². The van der Waals surface area contributed by atoms with Gasteiger partial charge in [0.2, 0.25) is 0 Å². The minimum atomic E-state index is -1.00. The van der Waals surface area contributed by atoms with Gasteiger partial charge >= 0.3 is 6.09 Å². The molecule has 0 saturated heterocycles. The van der Waals surface area contributed by atoms with E-state index in [1.165, 1.54) is 37.0 Å². The summed E-state index contributed by atoms with van der Waals surface area (Å²) >= 11 is 0. The molecule has 0 aliphatic heterocycles. The smallest absolute Gasteiger partial charge is 0.416 e. The van der Waals surface area contributed by atoms with E-state index in [0.29, 0.717) is 24.0 Å². The van der Waals surface area contributed by atoms with Gasteiger partial charge in [0.15, 0.2) is 0 Å². The Labute approximate surface area is 190 Å². The lowest BCUT2D eigenvalue weighted by Gasteiger charge is -2.26. The van der Waals surface area contributed by atoms with Crippen molar-refractivity contribution in [1.82, 2.24) is 5.32 Å². The van der Waals surface area contributed by atoms with Gasteiger partial charge in [0, 0.05) is 18.2 Å². The Bertz CT molecular complexity index is 995. The summed E-state index contributed by atoms with van der Waals surface area (Å²) in [6, 6.07) is 19.2. The Morgan fingerprint density at radius 3 is 2.56 bits per heavy atom. The van der Waals surface area contributed by atoms with Crippen LogP contribution < -0.4 is 10.2 Å². The first-order valence-electron chi connectivity index (χ1n) is 11.6. The molecule has 0 bridgehead atoms. The van der Waals surface area contributed by atoms with Crippen LogP contribution in [0.25, 0.3) is 11.3 Å². The average molecular weight is 433 g/mol. The first-order valence-corrected chi connectivity index (χ1v) is 11.6. The molecule has 1 heterocycles. The van der Waals surface area contributed by atoms with Crippen LogP contribution in [0.5, 0.6) is 0 Å². The molecule has 1 amide bonds. The van der Waals surface area contributed by atoms with Gasteiger partial charge in [-0.05, 0) is 67.3 Å². The molecule has 2 aromatic carbocycles. The number of rotatable bonds is 8. The van der Waals surface area contributed by atoms with Gasteiger partial charge in [0.1, 0.15) is 5.76 Å². The van der Waals surface area contributed by atoms with E-state index in [4.69, 9.17) is 4.42 Å². The van der Waals surface area contributed by atoms with Gasteiger partial charge in [-0.3, -0.25) is 0 Å². The largest absolute Gasteiger partial charge is 0.464 e. The predicted octanol–water partition coefficient (Wildman–Crippen LogP) is 7.21. The second-order valence-electron chi connectivity index (χ2n) is 8.80. The van der Waals surface area contributed by atoms with Gasteiger partial charge in [-0.25, -0.2) is 9.69 Å². The number of hydrogen-bond acceptors (Lipinski definition) is 3. The molecule has 0 radical (unpaired) electrons. The number of nitrogens with zero attached hydrogens (tertiary/aromatic N) is 1. The van der Waals surface area contributed by atoms with E-state index < -0.39 is 6.09 Å². The predicted molar refractivity (Wildman–Crippen MR) is 128 cm³/mol. The van der Waals surface area contributed by atoms with E-state index in [-0.39, 0.29) is 0 Å². The van der Waals surface area contributed by atoms with Crippen LogP contribution >= 0.6 is 0 Å². The normalized spacial score (nSPS) is 15.4. The number of para-hydroxylation sites is 1. The summed E-state index contributed by atoms with van der Waals surface area (Å²) in [5.74, 6) is 1.56. The zero-order valence-electron chi connectivity index (χ0n) is 18.7. The van der Waals surface area contributed by atoms with Crippen LogP contribution in [0.1, 0.15) is 51.0 Å². The summed E-state index contributed by atoms with van der Waals surface area (Å²) in [6.07, 6.45) is 8.52. The van der Waals surface area contributed by atoms with Crippen molar-refractivity contribution in [2.45, 2.75) is 58.0 Å².